The zero-order valence-electron chi connectivity index (χ0n) is 57.1. The second kappa shape index (κ2) is 37.8. The van der Waals surface area contributed by atoms with Gasteiger partial charge >= 0.3 is 47.3 Å². The molecule has 0 radical (unpaired) electrons. The number of nitrogens with zero attached hydrogens (tertiary/aromatic N) is 2. The van der Waals surface area contributed by atoms with E-state index in [9.17, 15) is 59.4 Å². The zero-order valence-corrected chi connectivity index (χ0v) is 63.2. The first kappa shape index (κ1) is 83.5. The number of carbonyl (C=O) groups is 3. The molecule has 12 rings (SSSR count). The average molecular weight is 1500 g/mol. The molecule has 1 saturated heterocycles. The SMILES string of the molecule is CCC12CCC(CC1=O)C2(C)C.CS(=O)(=O)N=C([O-])C(F)(F)C(F)(F)C(F)(F)C(=O)N1CCCCC1.CS(=O)(=O)[O-].O=C([O-])c1ccc([S+](c2ccccc2)c2ccccc2)cc1.[Na+].c1ccc([S+](c2ccccc2)c2ccccc2)cc1.c1ccc([S+](c2ccccc2)c2ccccc2)cc1. The third kappa shape index (κ3) is 22.1. The quantitative estimate of drug-likeness (QED) is 0.0223. The summed E-state index contributed by atoms with van der Waals surface area (Å²) in [5.41, 5.74) is 0.560. The van der Waals surface area contributed by atoms with Crippen molar-refractivity contribution in [1.29, 1.82) is 0 Å². The van der Waals surface area contributed by atoms with Gasteiger partial charge in [-0.15, -0.1) is 0 Å². The molecule has 2 bridgehead atoms. The van der Waals surface area contributed by atoms with Crippen LogP contribution in [0.4, 0.5) is 26.3 Å². The van der Waals surface area contributed by atoms with Crippen LogP contribution in [0.25, 0.3) is 0 Å². The molecule has 0 aromatic heterocycles. The molecule has 2 aliphatic carbocycles. The van der Waals surface area contributed by atoms with Crippen molar-refractivity contribution in [2.45, 2.75) is 128 Å². The molecule has 2 atom stereocenters. The van der Waals surface area contributed by atoms with Gasteiger partial charge in [-0.1, -0.05) is 166 Å². The molecule has 1 aliphatic heterocycles. The summed E-state index contributed by atoms with van der Waals surface area (Å²) in [5.74, 6) is -24.3. The van der Waals surface area contributed by atoms with Crippen molar-refractivity contribution in [1.82, 2.24) is 4.90 Å². The van der Waals surface area contributed by atoms with Crippen LogP contribution in [-0.4, -0.2) is 93.2 Å². The first-order chi connectivity index (χ1) is 47.8. The summed E-state index contributed by atoms with van der Waals surface area (Å²) >= 11 is 0. The number of hydrogen-bond donors (Lipinski definition) is 0. The first-order valence-corrected chi connectivity index (χ1v) is 39.5. The number of carboxylic acids is 1. The number of fused-ring (bicyclic) bond motifs is 2. The minimum atomic E-state index is -6.46. The summed E-state index contributed by atoms with van der Waals surface area (Å²) in [5, 5.41) is 21.9. The van der Waals surface area contributed by atoms with E-state index in [-0.39, 0.29) is 105 Å². The molecule has 24 heteroatoms. The number of piperidine rings is 1. The number of aromatic carboxylic acids is 1. The van der Waals surface area contributed by atoms with E-state index >= 15 is 0 Å². The second-order valence-electron chi connectivity index (χ2n) is 24.2. The molecule has 0 N–H and O–H groups in total. The predicted molar refractivity (Wildman–Crippen MR) is 381 cm³/mol. The number of alkyl halides is 6. The van der Waals surface area contributed by atoms with Crippen molar-refractivity contribution >= 4 is 76.4 Å². The van der Waals surface area contributed by atoms with E-state index in [1.54, 1.807) is 16.5 Å². The standard InChI is InChI=1S/C19H14O2S.2C18H15S.C11H14F6N2O4S.C11H18O.CH4O3S.Na/c20-19(21)15-11-13-18(14-12-15)22(16-7-3-1-4-8-16)17-9-5-2-6-10-17;2*1-4-10-16(11-5-1)19(17-12-6-2-7-13-17)18-14-8-3-9-15-18;1-24(22,23)18-7(20)9(12,13)11(16,17)10(14,15)8(21)19-5-3-2-4-6-19;1-4-11-6-5-8(7-9(11)12)10(11,2)3;1-5(2,3)4;/h1-14H;2*1-15H;2-6H2,1H3,(H,18,20);8H,4-7H2,1-3H3;1H3,(H,2,3,4);/q;2*+1;;;;+1/p-2. The smallest absolute Gasteiger partial charge is 0.857 e. The van der Waals surface area contributed by atoms with Gasteiger partial charge < -0.3 is 24.5 Å². The van der Waals surface area contributed by atoms with Gasteiger partial charge in [-0.2, -0.15) is 30.7 Å². The Morgan fingerprint density at radius 2 is 0.765 bits per heavy atom. The number of ketones is 1. The molecule has 1 heterocycles. The Morgan fingerprint density at radius 1 is 0.490 bits per heavy atom. The molecule has 9 aromatic carbocycles. The number of rotatable bonds is 16. The number of hydrogen-bond acceptors (Lipinski definition) is 10. The van der Waals surface area contributed by atoms with Crippen molar-refractivity contribution in [2.75, 3.05) is 25.6 Å². The minimum absolute atomic E-state index is 0. The molecule has 0 spiro atoms. The largest absolute Gasteiger partial charge is 1.00 e. The maximum Gasteiger partial charge on any atom is 1.00 e. The fourth-order valence-corrected chi connectivity index (χ4v) is 18.7. The van der Waals surface area contributed by atoms with Crippen molar-refractivity contribution in [3.8, 4) is 0 Å². The van der Waals surface area contributed by atoms with Gasteiger partial charge in [0.2, 0.25) is 10.0 Å². The normalized spacial score (nSPS) is 16.3. The van der Waals surface area contributed by atoms with Crippen LogP contribution in [0, 0.1) is 16.7 Å². The molecule has 1 amide bonds. The number of carbonyl (C=O) groups excluding carboxylic acids is 3. The third-order valence-electron chi connectivity index (χ3n) is 17.1. The van der Waals surface area contributed by atoms with Gasteiger partial charge in [0.05, 0.1) is 60.9 Å². The van der Waals surface area contributed by atoms with Crippen LogP contribution < -0.4 is 39.8 Å². The van der Waals surface area contributed by atoms with E-state index in [1.807, 2.05) is 48.5 Å². The van der Waals surface area contributed by atoms with Crippen molar-refractivity contribution < 1.29 is 102 Å². The van der Waals surface area contributed by atoms with Crippen LogP contribution in [0.2, 0.25) is 0 Å². The number of carboxylic acid groups (broad SMARTS) is 1. The monoisotopic (exact) mass is 1500 g/mol. The van der Waals surface area contributed by atoms with Gasteiger partial charge in [-0.3, -0.25) is 9.59 Å². The Bertz CT molecular complexity index is 4010. The maximum atomic E-state index is 13.7. The molecule has 532 valence electrons. The van der Waals surface area contributed by atoms with E-state index in [2.05, 4.69) is 227 Å². The Morgan fingerprint density at radius 3 is 0.980 bits per heavy atom. The summed E-state index contributed by atoms with van der Waals surface area (Å²) in [6, 6.07) is 91.7. The molecule has 3 fully saturated rings. The van der Waals surface area contributed by atoms with Crippen LogP contribution in [0.3, 0.4) is 0 Å². The summed E-state index contributed by atoms with van der Waals surface area (Å²) < 4.78 is 132. The number of benzene rings is 9. The zero-order chi connectivity index (χ0) is 73.7. The summed E-state index contributed by atoms with van der Waals surface area (Å²) in [6.45, 7) is 6.11. The van der Waals surface area contributed by atoms with Crippen LogP contribution in [0.5, 0.6) is 0 Å². The molecular weight excluding hydrogens is 1420 g/mol. The Kier molecular flexibility index (Phi) is 31.0. The number of likely N-dealkylation sites (tertiary alicyclic amines) is 1. The van der Waals surface area contributed by atoms with Crippen LogP contribution in [0.1, 0.15) is 76.1 Å². The van der Waals surface area contributed by atoms with E-state index < -0.39 is 55.7 Å². The topological polar surface area (TPSA) is 204 Å². The molecular formula is C78H78F6N2NaO10S5+. The van der Waals surface area contributed by atoms with Gasteiger partial charge in [0, 0.05) is 31.2 Å². The Hall–Kier alpha value is -7.45. The fourth-order valence-electron chi connectivity index (χ4n) is 12.0. The Labute approximate surface area is 624 Å². The molecule has 3 aliphatic rings. The molecule has 12 nitrogen and oxygen atoms in total. The van der Waals surface area contributed by atoms with Crippen molar-refractivity contribution in [3.63, 3.8) is 0 Å². The van der Waals surface area contributed by atoms with Gasteiger partial charge in [0.25, 0.3) is 5.91 Å². The average Bonchev–Trinajstić information content (AvgIpc) is 1.64. The van der Waals surface area contributed by atoms with Gasteiger partial charge in [0.1, 0.15) is 5.78 Å². The van der Waals surface area contributed by atoms with Crippen molar-refractivity contribution in [3.05, 3.63) is 272 Å². The van der Waals surface area contributed by atoms with Crippen LogP contribution >= 0.6 is 0 Å². The van der Waals surface area contributed by atoms with E-state index in [4.69, 9.17) is 13.0 Å². The van der Waals surface area contributed by atoms with Crippen molar-refractivity contribution in [2.24, 2.45) is 21.1 Å². The summed E-state index contributed by atoms with van der Waals surface area (Å²) in [7, 11) is -9.03. The minimum Gasteiger partial charge on any atom is -0.857 e. The van der Waals surface area contributed by atoms with Crippen LogP contribution in [-0.2, 0) is 62.4 Å². The van der Waals surface area contributed by atoms with Crippen LogP contribution in [0.15, 0.2) is 315 Å². The molecule has 9 aromatic rings. The molecule has 102 heavy (non-hydrogen) atoms. The number of amides is 1. The number of halogens is 6. The van der Waals surface area contributed by atoms with E-state index in [0.29, 0.717) is 34.7 Å². The summed E-state index contributed by atoms with van der Waals surface area (Å²) in [4.78, 5) is 46.2. The van der Waals surface area contributed by atoms with E-state index in [0.717, 1.165) is 24.2 Å². The number of Topliss-reactive ketones (excluding diaryl/α,β-unsaturated/α-hetero) is 1. The Balaban J connectivity index is 0.000000199. The second-order valence-corrected chi connectivity index (χ2v) is 33.3. The van der Waals surface area contributed by atoms with E-state index in [1.165, 1.54) is 45.6 Å². The summed E-state index contributed by atoms with van der Waals surface area (Å²) in [6.07, 6.45) is 6.10. The van der Waals surface area contributed by atoms with Gasteiger partial charge in [-0.05, 0) is 177 Å². The molecule has 2 saturated carbocycles. The van der Waals surface area contributed by atoms with Gasteiger partial charge in [-0.25, -0.2) is 16.8 Å². The first-order valence-electron chi connectivity index (χ1n) is 32.1. The predicted octanol–water partition coefficient (Wildman–Crippen LogP) is 12.3. The number of sulfonamides is 1. The third-order valence-corrected chi connectivity index (χ3v) is 24.3. The van der Waals surface area contributed by atoms with Gasteiger partial charge in [0.15, 0.2) is 44.1 Å². The fraction of sp³-hybridized carbons (Fsp3) is 0.256. The molecule has 2 unspecified atom stereocenters. The maximum absolute atomic E-state index is 13.7.